The van der Waals surface area contributed by atoms with Gasteiger partial charge in [0, 0.05) is 51.0 Å². The molecular weight excluding hydrogens is 322 g/mol. The zero-order valence-corrected chi connectivity index (χ0v) is 15.0. The molecule has 0 saturated heterocycles. The lowest BCUT2D eigenvalue weighted by Gasteiger charge is -2.23. The number of hydrogen-bond acceptors (Lipinski definition) is 5. The Labute approximate surface area is 147 Å². The molecule has 5 nitrogen and oxygen atoms in total. The summed E-state index contributed by atoms with van der Waals surface area (Å²) in [6.07, 6.45) is 5.99. The fourth-order valence-corrected chi connectivity index (χ4v) is 2.95. The first-order chi connectivity index (χ1) is 11.7. The van der Waals surface area contributed by atoms with Crippen LogP contribution in [0.3, 0.4) is 0 Å². The molecule has 1 amide bonds. The standard InChI is InChI=1S/C18H23N3O2S/c1-3-24-17-13-16(7-10-20-17)18(22)21(11-4-12-23-2)14-15-5-8-19-9-6-15/h5-10,13H,3-4,11-12,14H2,1-2H3. The highest BCUT2D eigenvalue weighted by Crippen LogP contribution is 2.17. The Morgan fingerprint density at radius 3 is 2.75 bits per heavy atom. The molecule has 0 atom stereocenters. The smallest absolute Gasteiger partial charge is 0.254 e. The zero-order chi connectivity index (χ0) is 17.2. The van der Waals surface area contributed by atoms with Gasteiger partial charge in [-0.1, -0.05) is 6.92 Å². The van der Waals surface area contributed by atoms with E-state index in [9.17, 15) is 4.79 Å². The van der Waals surface area contributed by atoms with Crippen molar-refractivity contribution < 1.29 is 9.53 Å². The number of rotatable bonds is 9. The molecule has 6 heteroatoms. The van der Waals surface area contributed by atoms with Crippen LogP contribution >= 0.6 is 11.8 Å². The van der Waals surface area contributed by atoms with Crippen molar-refractivity contribution in [3.63, 3.8) is 0 Å². The predicted octanol–water partition coefficient (Wildman–Crippen LogP) is 3.27. The van der Waals surface area contributed by atoms with E-state index in [0.717, 1.165) is 22.8 Å². The fraction of sp³-hybridized carbons (Fsp3) is 0.389. The minimum atomic E-state index is 0.0169. The Balaban J connectivity index is 2.15. The molecule has 24 heavy (non-hydrogen) atoms. The number of amides is 1. The molecule has 0 radical (unpaired) electrons. The summed E-state index contributed by atoms with van der Waals surface area (Å²) in [6.45, 7) is 3.91. The van der Waals surface area contributed by atoms with Gasteiger partial charge in [-0.3, -0.25) is 9.78 Å². The summed E-state index contributed by atoms with van der Waals surface area (Å²) in [5.41, 5.74) is 1.74. The van der Waals surface area contributed by atoms with Crippen LogP contribution in [-0.2, 0) is 11.3 Å². The monoisotopic (exact) mass is 345 g/mol. The van der Waals surface area contributed by atoms with E-state index in [-0.39, 0.29) is 5.91 Å². The minimum Gasteiger partial charge on any atom is -0.385 e. The zero-order valence-electron chi connectivity index (χ0n) is 14.1. The summed E-state index contributed by atoms with van der Waals surface area (Å²) in [7, 11) is 1.67. The normalized spacial score (nSPS) is 10.6. The Hall–Kier alpha value is -1.92. The van der Waals surface area contributed by atoms with Crippen molar-refractivity contribution in [1.29, 1.82) is 0 Å². The molecule has 0 fully saturated rings. The van der Waals surface area contributed by atoms with Gasteiger partial charge in [0.25, 0.3) is 5.91 Å². The van der Waals surface area contributed by atoms with E-state index in [1.54, 1.807) is 43.5 Å². The first-order valence-corrected chi connectivity index (χ1v) is 8.99. The average molecular weight is 345 g/mol. The number of pyridine rings is 2. The highest BCUT2D eigenvalue weighted by Gasteiger charge is 2.16. The maximum atomic E-state index is 12.9. The maximum absolute atomic E-state index is 12.9. The number of methoxy groups -OCH3 is 1. The van der Waals surface area contributed by atoms with Crippen molar-refractivity contribution >= 4 is 17.7 Å². The summed E-state index contributed by atoms with van der Waals surface area (Å²) < 4.78 is 5.12. The van der Waals surface area contributed by atoms with Crippen molar-refractivity contribution in [3.8, 4) is 0 Å². The number of carbonyl (C=O) groups excluding carboxylic acids is 1. The van der Waals surface area contributed by atoms with Crippen molar-refractivity contribution in [3.05, 3.63) is 54.0 Å². The third-order valence-electron chi connectivity index (χ3n) is 3.46. The van der Waals surface area contributed by atoms with Crippen molar-refractivity contribution in [2.45, 2.75) is 24.9 Å². The first-order valence-electron chi connectivity index (χ1n) is 8.00. The Kier molecular flexibility index (Phi) is 7.71. The van der Waals surface area contributed by atoms with Gasteiger partial charge in [-0.15, -0.1) is 11.8 Å². The van der Waals surface area contributed by atoms with Crippen molar-refractivity contribution in [2.75, 3.05) is 26.0 Å². The lowest BCUT2D eigenvalue weighted by Crippen LogP contribution is -2.32. The first kappa shape index (κ1) is 18.4. The van der Waals surface area contributed by atoms with Gasteiger partial charge in [-0.05, 0) is 42.0 Å². The summed E-state index contributed by atoms with van der Waals surface area (Å²) in [5, 5.41) is 0.879. The van der Waals surface area contributed by atoms with E-state index in [1.807, 2.05) is 23.1 Å². The van der Waals surface area contributed by atoms with Crippen molar-refractivity contribution in [2.24, 2.45) is 0 Å². The molecule has 0 aliphatic heterocycles. The van der Waals surface area contributed by atoms with Crippen LogP contribution in [0, 0.1) is 0 Å². The van der Waals surface area contributed by atoms with Gasteiger partial charge in [0.05, 0.1) is 5.03 Å². The SMILES string of the molecule is CCSc1cc(C(=O)N(CCCOC)Cc2ccncc2)ccn1. The molecule has 128 valence electrons. The lowest BCUT2D eigenvalue weighted by atomic mass is 10.2. The van der Waals surface area contributed by atoms with E-state index < -0.39 is 0 Å². The largest absolute Gasteiger partial charge is 0.385 e. The number of ether oxygens (including phenoxy) is 1. The molecule has 0 spiro atoms. The third-order valence-corrected chi connectivity index (χ3v) is 4.27. The van der Waals surface area contributed by atoms with Crippen LogP contribution in [0.15, 0.2) is 47.9 Å². The topological polar surface area (TPSA) is 55.3 Å². The van der Waals surface area contributed by atoms with E-state index in [0.29, 0.717) is 25.3 Å². The van der Waals surface area contributed by atoms with E-state index >= 15 is 0 Å². The Morgan fingerprint density at radius 1 is 1.25 bits per heavy atom. The van der Waals surface area contributed by atoms with Crippen LogP contribution in [0.1, 0.15) is 29.3 Å². The predicted molar refractivity (Wildman–Crippen MR) is 96.1 cm³/mol. The summed E-state index contributed by atoms with van der Waals surface area (Å²) in [6, 6.07) is 7.51. The average Bonchev–Trinajstić information content (AvgIpc) is 2.62. The maximum Gasteiger partial charge on any atom is 0.254 e. The molecule has 0 unspecified atom stereocenters. The van der Waals surface area contributed by atoms with E-state index in [4.69, 9.17) is 4.74 Å². The highest BCUT2D eigenvalue weighted by molar-refractivity contribution is 7.99. The Morgan fingerprint density at radius 2 is 2.04 bits per heavy atom. The quantitative estimate of drug-likeness (QED) is 0.516. The number of carbonyl (C=O) groups is 1. The molecular formula is C18H23N3O2S. The molecule has 2 aromatic rings. The third kappa shape index (κ3) is 5.62. The van der Waals surface area contributed by atoms with Crippen LogP contribution in [0.5, 0.6) is 0 Å². The molecule has 0 bridgehead atoms. The van der Waals surface area contributed by atoms with Crippen LogP contribution in [-0.4, -0.2) is 46.8 Å². The fourth-order valence-electron chi connectivity index (χ4n) is 2.31. The van der Waals surface area contributed by atoms with Crippen molar-refractivity contribution in [1.82, 2.24) is 14.9 Å². The molecule has 0 saturated carbocycles. The molecule has 2 aromatic heterocycles. The molecule has 0 aliphatic rings. The Bertz CT molecular complexity index is 637. The summed E-state index contributed by atoms with van der Waals surface area (Å²) in [4.78, 5) is 23.1. The number of thioether (sulfide) groups is 1. The minimum absolute atomic E-state index is 0.0169. The molecule has 0 aliphatic carbocycles. The van der Waals surface area contributed by atoms with Gasteiger partial charge in [-0.2, -0.15) is 0 Å². The van der Waals surface area contributed by atoms with Gasteiger partial charge >= 0.3 is 0 Å². The second kappa shape index (κ2) is 10.1. The van der Waals surface area contributed by atoms with Gasteiger partial charge in [0.2, 0.25) is 0 Å². The molecule has 2 rings (SSSR count). The number of aromatic nitrogens is 2. The lowest BCUT2D eigenvalue weighted by molar-refractivity contribution is 0.0723. The number of nitrogens with zero attached hydrogens (tertiary/aromatic N) is 3. The molecule has 2 heterocycles. The van der Waals surface area contributed by atoms with Gasteiger partial charge in [0.1, 0.15) is 0 Å². The van der Waals surface area contributed by atoms with Gasteiger partial charge < -0.3 is 9.64 Å². The van der Waals surface area contributed by atoms with Crippen LogP contribution in [0.25, 0.3) is 0 Å². The van der Waals surface area contributed by atoms with Crippen LogP contribution in [0.4, 0.5) is 0 Å². The highest BCUT2D eigenvalue weighted by atomic mass is 32.2. The molecule has 0 aromatic carbocycles. The van der Waals surface area contributed by atoms with Crippen LogP contribution < -0.4 is 0 Å². The summed E-state index contributed by atoms with van der Waals surface area (Å²) >= 11 is 1.63. The van der Waals surface area contributed by atoms with Gasteiger partial charge in [-0.25, -0.2) is 4.98 Å². The van der Waals surface area contributed by atoms with Gasteiger partial charge in [0.15, 0.2) is 0 Å². The second-order valence-corrected chi connectivity index (χ2v) is 6.53. The number of hydrogen-bond donors (Lipinski definition) is 0. The van der Waals surface area contributed by atoms with Crippen LogP contribution in [0.2, 0.25) is 0 Å². The second-order valence-electron chi connectivity index (χ2n) is 5.24. The molecule has 0 N–H and O–H groups in total. The van der Waals surface area contributed by atoms with E-state index in [1.165, 1.54) is 0 Å². The summed E-state index contributed by atoms with van der Waals surface area (Å²) in [5.74, 6) is 0.947. The van der Waals surface area contributed by atoms with E-state index in [2.05, 4.69) is 16.9 Å².